The summed E-state index contributed by atoms with van der Waals surface area (Å²) < 4.78 is 6.23. The molecule has 0 bridgehead atoms. The summed E-state index contributed by atoms with van der Waals surface area (Å²) in [6.07, 6.45) is 2.02. The van der Waals surface area contributed by atoms with E-state index in [9.17, 15) is 9.90 Å². The number of carboxylic acid groups (broad SMARTS) is 1. The highest BCUT2D eigenvalue weighted by Crippen LogP contribution is 2.43. The van der Waals surface area contributed by atoms with E-state index in [4.69, 9.17) is 22.1 Å². The van der Waals surface area contributed by atoms with E-state index in [1.807, 2.05) is 6.92 Å². The van der Waals surface area contributed by atoms with Gasteiger partial charge in [-0.25, -0.2) is 9.78 Å². The Balaban J connectivity index is 1.76. The second-order valence-corrected chi connectivity index (χ2v) is 6.94. The van der Waals surface area contributed by atoms with Gasteiger partial charge in [-0.05, 0) is 19.8 Å². The van der Waals surface area contributed by atoms with Crippen LogP contribution in [0.5, 0.6) is 0 Å². The van der Waals surface area contributed by atoms with E-state index in [1.54, 1.807) is 6.20 Å². The molecule has 0 radical (unpaired) electrons. The highest BCUT2D eigenvalue weighted by atomic mass is 32.1. The molecule has 2 atom stereocenters. The number of aromatic amines is 1. The van der Waals surface area contributed by atoms with Crippen molar-refractivity contribution in [3.8, 4) is 0 Å². The molecular formula is C15H22N4O4S. The molecule has 0 saturated carbocycles. The number of amides is 1. The minimum atomic E-state index is -1.01. The number of H-pyrrole nitrogens is 1. The van der Waals surface area contributed by atoms with E-state index >= 15 is 0 Å². The van der Waals surface area contributed by atoms with Crippen LogP contribution in [-0.2, 0) is 11.3 Å². The SMILES string of the molecule is C[C@@H]1OCC2(CCN(c3ncc(=S)[nH]c3CO)CC2)[C@@H]1NC(=O)O. The summed E-state index contributed by atoms with van der Waals surface area (Å²) in [5.41, 5.74) is 0.421. The summed E-state index contributed by atoms with van der Waals surface area (Å²) in [5, 5.41) is 21.3. The summed E-state index contributed by atoms with van der Waals surface area (Å²) in [4.78, 5) is 20.5. The summed E-state index contributed by atoms with van der Waals surface area (Å²) in [5.74, 6) is 0.704. The number of hydrogen-bond donors (Lipinski definition) is 4. The highest BCUT2D eigenvalue weighted by molar-refractivity contribution is 7.71. The first-order chi connectivity index (χ1) is 11.4. The molecule has 1 aromatic heterocycles. The largest absolute Gasteiger partial charge is 0.465 e. The van der Waals surface area contributed by atoms with E-state index < -0.39 is 6.09 Å². The minimum Gasteiger partial charge on any atom is -0.465 e. The average Bonchev–Trinajstić information content (AvgIpc) is 2.85. The molecule has 0 aliphatic carbocycles. The van der Waals surface area contributed by atoms with Crippen LogP contribution in [0.3, 0.4) is 0 Å². The quantitative estimate of drug-likeness (QED) is 0.605. The van der Waals surface area contributed by atoms with Crippen molar-refractivity contribution < 1.29 is 19.7 Å². The zero-order chi connectivity index (χ0) is 17.3. The van der Waals surface area contributed by atoms with Gasteiger partial charge in [0.25, 0.3) is 0 Å². The lowest BCUT2D eigenvalue weighted by Crippen LogP contribution is -2.54. The monoisotopic (exact) mass is 354 g/mol. The van der Waals surface area contributed by atoms with Gasteiger partial charge in [-0.15, -0.1) is 0 Å². The van der Waals surface area contributed by atoms with Gasteiger partial charge in [0, 0.05) is 18.5 Å². The normalized spacial score (nSPS) is 25.8. The topological polar surface area (TPSA) is 111 Å². The Morgan fingerprint density at radius 2 is 2.29 bits per heavy atom. The number of anilines is 1. The molecule has 2 aliphatic heterocycles. The second-order valence-electron chi connectivity index (χ2n) is 6.50. The fourth-order valence-corrected chi connectivity index (χ4v) is 4.00. The van der Waals surface area contributed by atoms with Gasteiger partial charge < -0.3 is 30.2 Å². The lowest BCUT2D eigenvalue weighted by atomic mass is 9.73. The Bertz CT molecular complexity index is 672. The van der Waals surface area contributed by atoms with Crippen molar-refractivity contribution in [1.82, 2.24) is 15.3 Å². The molecule has 8 nitrogen and oxygen atoms in total. The van der Waals surface area contributed by atoms with Crippen molar-refractivity contribution in [1.29, 1.82) is 0 Å². The van der Waals surface area contributed by atoms with E-state index in [1.165, 1.54) is 0 Å². The Morgan fingerprint density at radius 3 is 2.92 bits per heavy atom. The number of carbonyl (C=O) groups is 1. The molecule has 2 fully saturated rings. The Labute approximate surface area is 144 Å². The number of nitrogens with one attached hydrogen (secondary N) is 2. The van der Waals surface area contributed by atoms with Crippen LogP contribution in [0.1, 0.15) is 25.5 Å². The maximum absolute atomic E-state index is 11.1. The second kappa shape index (κ2) is 6.66. The number of aliphatic hydroxyl groups is 1. The van der Waals surface area contributed by atoms with Crippen molar-refractivity contribution in [3.05, 3.63) is 16.5 Å². The smallest absolute Gasteiger partial charge is 0.404 e. The number of hydrogen-bond acceptors (Lipinski definition) is 6. The van der Waals surface area contributed by atoms with Gasteiger partial charge in [-0.3, -0.25) is 0 Å². The van der Waals surface area contributed by atoms with Crippen LogP contribution in [0.15, 0.2) is 6.20 Å². The molecule has 0 unspecified atom stereocenters. The first-order valence-corrected chi connectivity index (χ1v) is 8.41. The fourth-order valence-electron chi connectivity index (χ4n) is 3.82. The van der Waals surface area contributed by atoms with Gasteiger partial charge in [0.05, 0.1) is 37.3 Å². The van der Waals surface area contributed by atoms with Gasteiger partial charge in [0.15, 0.2) is 5.82 Å². The molecule has 9 heteroatoms. The molecule has 2 saturated heterocycles. The molecule has 1 spiro atoms. The van der Waals surface area contributed by atoms with Crippen LogP contribution in [0.2, 0.25) is 0 Å². The molecule has 24 heavy (non-hydrogen) atoms. The maximum atomic E-state index is 11.1. The molecule has 1 amide bonds. The van der Waals surface area contributed by atoms with E-state index in [0.29, 0.717) is 22.8 Å². The van der Waals surface area contributed by atoms with Crippen LogP contribution in [0, 0.1) is 10.1 Å². The summed E-state index contributed by atoms with van der Waals surface area (Å²) in [6.45, 7) is 3.75. The molecule has 0 aromatic carbocycles. The molecule has 2 aliphatic rings. The first kappa shape index (κ1) is 17.1. The van der Waals surface area contributed by atoms with Gasteiger partial charge in [-0.1, -0.05) is 12.2 Å². The number of aromatic nitrogens is 2. The van der Waals surface area contributed by atoms with Crippen LogP contribution in [0.25, 0.3) is 0 Å². The summed E-state index contributed by atoms with van der Waals surface area (Å²) in [6, 6.07) is -0.205. The molecule has 3 heterocycles. The summed E-state index contributed by atoms with van der Waals surface area (Å²) >= 11 is 5.05. The molecule has 4 N–H and O–H groups in total. The Hall–Kier alpha value is -1.71. The average molecular weight is 354 g/mol. The standard InChI is InChI=1S/C15H22N4O4S/c1-9-12(18-14(21)22)15(8-23-9)2-4-19(5-3-15)13-10(7-20)17-11(24)6-16-13/h6,9,12,18,20H,2-5,7-8H2,1H3,(H,17,24)(H,21,22)/t9-,12+/m0/s1. The third-order valence-corrected chi connectivity index (χ3v) is 5.31. The van der Waals surface area contributed by atoms with E-state index in [-0.39, 0.29) is 24.2 Å². The summed E-state index contributed by atoms with van der Waals surface area (Å²) in [7, 11) is 0. The van der Waals surface area contributed by atoms with Crippen LogP contribution >= 0.6 is 12.2 Å². The van der Waals surface area contributed by atoms with Crippen LogP contribution in [0.4, 0.5) is 10.6 Å². The Kier molecular flexibility index (Phi) is 4.75. The van der Waals surface area contributed by atoms with Crippen molar-refractivity contribution in [3.63, 3.8) is 0 Å². The fraction of sp³-hybridized carbons (Fsp3) is 0.667. The third kappa shape index (κ3) is 3.11. The number of rotatable bonds is 3. The highest BCUT2D eigenvalue weighted by Gasteiger charge is 2.50. The number of ether oxygens (including phenoxy) is 1. The van der Waals surface area contributed by atoms with Gasteiger partial charge in [-0.2, -0.15) is 0 Å². The lowest BCUT2D eigenvalue weighted by Gasteiger charge is -2.42. The lowest BCUT2D eigenvalue weighted by molar-refractivity contribution is 0.0970. The third-order valence-electron chi connectivity index (χ3n) is 5.11. The molecular weight excluding hydrogens is 332 g/mol. The van der Waals surface area contributed by atoms with E-state index in [0.717, 1.165) is 25.9 Å². The first-order valence-electron chi connectivity index (χ1n) is 8.00. The number of nitrogens with zero attached hydrogens (tertiary/aromatic N) is 2. The van der Waals surface area contributed by atoms with Gasteiger partial charge in [0.2, 0.25) is 0 Å². The van der Waals surface area contributed by atoms with Crippen molar-refractivity contribution >= 4 is 24.1 Å². The minimum absolute atomic E-state index is 0.133. The van der Waals surface area contributed by atoms with E-state index in [2.05, 4.69) is 20.2 Å². The maximum Gasteiger partial charge on any atom is 0.404 e. The zero-order valence-corrected chi connectivity index (χ0v) is 14.3. The predicted molar refractivity (Wildman–Crippen MR) is 89.6 cm³/mol. The van der Waals surface area contributed by atoms with Crippen molar-refractivity contribution in [2.24, 2.45) is 5.41 Å². The van der Waals surface area contributed by atoms with Gasteiger partial charge >= 0.3 is 6.09 Å². The Morgan fingerprint density at radius 1 is 1.58 bits per heavy atom. The molecule has 1 aromatic rings. The van der Waals surface area contributed by atoms with Crippen molar-refractivity contribution in [2.75, 3.05) is 24.6 Å². The number of aliphatic hydroxyl groups excluding tert-OH is 1. The van der Waals surface area contributed by atoms with Crippen molar-refractivity contribution in [2.45, 2.75) is 38.5 Å². The predicted octanol–water partition coefficient (Wildman–Crippen LogP) is 1.27. The zero-order valence-electron chi connectivity index (χ0n) is 13.5. The van der Waals surface area contributed by atoms with Crippen LogP contribution < -0.4 is 10.2 Å². The van der Waals surface area contributed by atoms with Crippen LogP contribution in [-0.4, -0.2) is 58.1 Å². The molecule has 3 rings (SSSR count). The molecule has 132 valence electrons. The van der Waals surface area contributed by atoms with Gasteiger partial charge in [0.1, 0.15) is 4.64 Å². The number of piperidine rings is 1.